The number of hydrogen-bond acceptors (Lipinski definition) is 3. The summed E-state index contributed by atoms with van der Waals surface area (Å²) in [6.45, 7) is 4.49. The van der Waals surface area contributed by atoms with Gasteiger partial charge in [-0.2, -0.15) is 0 Å². The first-order chi connectivity index (χ1) is 6.60. The van der Waals surface area contributed by atoms with Gasteiger partial charge in [0, 0.05) is 25.8 Å². The fraction of sp³-hybridized carbons (Fsp3) is 0.667. The van der Waals surface area contributed by atoms with E-state index in [0.717, 1.165) is 6.54 Å². The molecule has 0 saturated carbocycles. The summed E-state index contributed by atoms with van der Waals surface area (Å²) in [6.07, 6.45) is 1.34. The van der Waals surface area contributed by atoms with E-state index in [2.05, 4.69) is 10.6 Å². The molecule has 1 saturated heterocycles. The van der Waals surface area contributed by atoms with Gasteiger partial charge in [0.05, 0.1) is 0 Å². The number of hydrogen-bond donors (Lipinski definition) is 2. The van der Waals surface area contributed by atoms with Crippen molar-refractivity contribution in [2.24, 2.45) is 0 Å². The van der Waals surface area contributed by atoms with Crippen molar-refractivity contribution < 1.29 is 14.4 Å². The van der Waals surface area contributed by atoms with Gasteiger partial charge in [0.2, 0.25) is 17.7 Å². The molecule has 0 aromatic carbocycles. The smallest absolute Gasteiger partial charge is 0.227 e. The van der Waals surface area contributed by atoms with Gasteiger partial charge in [0.25, 0.3) is 0 Å². The molecule has 1 rings (SSSR count). The predicted molar refractivity (Wildman–Crippen MR) is 51.4 cm³/mol. The average molecular weight is 200 g/mol. The predicted octanol–water partition coefficient (Wildman–Crippen LogP) is -0.0445. The zero-order valence-corrected chi connectivity index (χ0v) is 8.55. The molecular formula is C9H16N2O3. The van der Waals surface area contributed by atoms with E-state index in [9.17, 15) is 14.4 Å². The third kappa shape index (κ3) is 6.16. The van der Waals surface area contributed by atoms with Crippen molar-refractivity contribution in [3.8, 4) is 0 Å². The summed E-state index contributed by atoms with van der Waals surface area (Å²) in [5.74, 6) is -0.169. The topological polar surface area (TPSA) is 75.3 Å². The average Bonchev–Trinajstić information content (AvgIpc) is 2.51. The van der Waals surface area contributed by atoms with Crippen LogP contribution in [0.2, 0.25) is 0 Å². The molecule has 80 valence electrons. The fourth-order valence-corrected chi connectivity index (χ4v) is 0.830. The number of imide groups is 1. The molecule has 0 aromatic heterocycles. The summed E-state index contributed by atoms with van der Waals surface area (Å²) < 4.78 is 0. The third-order valence-electron chi connectivity index (χ3n) is 1.55. The van der Waals surface area contributed by atoms with Crippen LogP contribution >= 0.6 is 0 Å². The third-order valence-corrected chi connectivity index (χ3v) is 1.55. The Hall–Kier alpha value is -1.39. The van der Waals surface area contributed by atoms with Crippen LogP contribution in [0, 0.1) is 0 Å². The van der Waals surface area contributed by atoms with E-state index in [0.29, 0.717) is 19.3 Å². The highest BCUT2D eigenvalue weighted by molar-refractivity contribution is 6.01. The summed E-state index contributed by atoms with van der Waals surface area (Å²) in [7, 11) is 0. The Bertz CT molecular complexity index is 212. The Morgan fingerprint density at radius 3 is 1.93 bits per heavy atom. The number of rotatable bonds is 2. The van der Waals surface area contributed by atoms with Crippen LogP contribution in [0.3, 0.4) is 0 Å². The molecule has 1 aliphatic rings. The maximum Gasteiger partial charge on any atom is 0.227 e. The Morgan fingerprint density at radius 1 is 1.29 bits per heavy atom. The molecule has 5 nitrogen and oxygen atoms in total. The van der Waals surface area contributed by atoms with Crippen LogP contribution in [0.4, 0.5) is 0 Å². The molecule has 0 aliphatic carbocycles. The Morgan fingerprint density at radius 2 is 1.79 bits per heavy atom. The van der Waals surface area contributed by atoms with Crippen LogP contribution in [-0.4, -0.2) is 24.3 Å². The fourth-order valence-electron chi connectivity index (χ4n) is 0.830. The number of carbonyl (C=O) groups is 3. The lowest BCUT2D eigenvalue weighted by Crippen LogP contribution is -2.20. The largest absolute Gasteiger partial charge is 0.356 e. The lowest BCUT2D eigenvalue weighted by molar-refractivity contribution is -0.125. The molecule has 0 aromatic rings. The second-order valence-electron chi connectivity index (χ2n) is 2.78. The van der Waals surface area contributed by atoms with Gasteiger partial charge in [-0.3, -0.25) is 19.7 Å². The van der Waals surface area contributed by atoms with Crippen LogP contribution < -0.4 is 10.6 Å². The van der Waals surface area contributed by atoms with E-state index >= 15 is 0 Å². The zero-order valence-electron chi connectivity index (χ0n) is 8.55. The molecule has 14 heavy (non-hydrogen) atoms. The van der Waals surface area contributed by atoms with Gasteiger partial charge in [0.1, 0.15) is 0 Å². The van der Waals surface area contributed by atoms with E-state index in [4.69, 9.17) is 0 Å². The monoisotopic (exact) mass is 200 g/mol. The summed E-state index contributed by atoms with van der Waals surface area (Å²) in [5.41, 5.74) is 0. The first kappa shape index (κ1) is 12.6. The van der Waals surface area contributed by atoms with Gasteiger partial charge < -0.3 is 5.32 Å². The molecule has 1 fully saturated rings. The van der Waals surface area contributed by atoms with Gasteiger partial charge in [-0.1, -0.05) is 6.92 Å². The van der Waals surface area contributed by atoms with Crippen molar-refractivity contribution in [2.75, 3.05) is 6.54 Å². The summed E-state index contributed by atoms with van der Waals surface area (Å²) in [4.78, 5) is 30.5. The van der Waals surface area contributed by atoms with E-state index in [-0.39, 0.29) is 17.7 Å². The molecule has 2 N–H and O–H groups in total. The Kier molecular flexibility index (Phi) is 6.36. The van der Waals surface area contributed by atoms with Crippen molar-refractivity contribution in [2.45, 2.75) is 33.1 Å². The molecule has 0 spiro atoms. The lowest BCUT2D eigenvalue weighted by atomic mass is 10.4. The molecule has 1 aliphatic heterocycles. The lowest BCUT2D eigenvalue weighted by Gasteiger charge is -1.93. The van der Waals surface area contributed by atoms with Crippen LogP contribution in [0.1, 0.15) is 33.1 Å². The molecular weight excluding hydrogens is 184 g/mol. The van der Waals surface area contributed by atoms with Crippen LogP contribution in [0.25, 0.3) is 0 Å². The molecule has 5 heteroatoms. The Balaban J connectivity index is 0.000000241. The molecule has 0 bridgehead atoms. The van der Waals surface area contributed by atoms with Crippen molar-refractivity contribution in [3.63, 3.8) is 0 Å². The van der Waals surface area contributed by atoms with Crippen molar-refractivity contribution in [1.82, 2.24) is 10.6 Å². The summed E-state index contributed by atoms with van der Waals surface area (Å²) >= 11 is 0. The first-order valence-electron chi connectivity index (χ1n) is 4.69. The quantitative estimate of drug-likeness (QED) is 0.614. The highest BCUT2D eigenvalue weighted by Gasteiger charge is 2.15. The molecule has 0 radical (unpaired) electrons. The minimum Gasteiger partial charge on any atom is -0.356 e. The highest BCUT2D eigenvalue weighted by atomic mass is 16.2. The zero-order chi connectivity index (χ0) is 11.0. The van der Waals surface area contributed by atoms with Gasteiger partial charge in [0.15, 0.2) is 0 Å². The molecule has 0 unspecified atom stereocenters. The van der Waals surface area contributed by atoms with Crippen LogP contribution in [0.5, 0.6) is 0 Å². The standard InChI is InChI=1S/C5H11NO.C4H5NO2/c1-3-5(7)6-4-2;6-3-1-2-4(7)5-3/h3-4H2,1-2H3,(H,6,7);1-2H2,(H,5,6,7). The summed E-state index contributed by atoms with van der Waals surface area (Å²) in [6, 6.07) is 0. The molecule has 0 atom stereocenters. The second-order valence-corrected chi connectivity index (χ2v) is 2.78. The minimum absolute atomic E-state index is 0.127. The van der Waals surface area contributed by atoms with Crippen molar-refractivity contribution >= 4 is 17.7 Å². The van der Waals surface area contributed by atoms with Crippen LogP contribution in [0.15, 0.2) is 0 Å². The molecule has 3 amide bonds. The minimum atomic E-state index is -0.148. The van der Waals surface area contributed by atoms with Crippen molar-refractivity contribution in [1.29, 1.82) is 0 Å². The van der Waals surface area contributed by atoms with E-state index in [1.54, 1.807) is 0 Å². The second kappa shape index (κ2) is 7.06. The van der Waals surface area contributed by atoms with Gasteiger partial charge >= 0.3 is 0 Å². The van der Waals surface area contributed by atoms with Crippen LogP contribution in [-0.2, 0) is 14.4 Å². The normalized spacial score (nSPS) is 14.1. The maximum atomic E-state index is 10.3. The number of amides is 3. The number of carbonyl (C=O) groups excluding carboxylic acids is 3. The number of nitrogens with one attached hydrogen (secondary N) is 2. The van der Waals surface area contributed by atoms with Gasteiger partial charge in [-0.05, 0) is 6.92 Å². The highest BCUT2D eigenvalue weighted by Crippen LogP contribution is 1.95. The van der Waals surface area contributed by atoms with Gasteiger partial charge in [-0.15, -0.1) is 0 Å². The summed E-state index contributed by atoms with van der Waals surface area (Å²) in [5, 5.41) is 4.80. The van der Waals surface area contributed by atoms with E-state index in [1.165, 1.54) is 0 Å². The first-order valence-corrected chi connectivity index (χ1v) is 4.69. The van der Waals surface area contributed by atoms with Gasteiger partial charge in [-0.25, -0.2) is 0 Å². The maximum absolute atomic E-state index is 10.3. The molecule has 1 heterocycles. The Labute approximate surface area is 83.2 Å². The van der Waals surface area contributed by atoms with E-state index in [1.807, 2.05) is 13.8 Å². The van der Waals surface area contributed by atoms with E-state index < -0.39 is 0 Å². The van der Waals surface area contributed by atoms with Crippen molar-refractivity contribution in [3.05, 3.63) is 0 Å². The SMILES string of the molecule is CCNC(=O)CC.O=C1CCC(=O)N1.